The molecule has 4 aliphatic carbocycles. The standard InChI is InChI=1S/C44H72O17/c1-19-7-12-44(55-17-19)20(2)30-27(61-44)14-25-23-6-5-21-13-22(8-10-42(21,3)24(23)9-11-43(25,30)4)56-41-38(60-40-36(53)34(51)32(49)28(15-45)57-40)37(33(50)29(16-46)58-41)59-39-35(52)31(48)26(47)18-54-39/h19-41,45-53H,5-18H2,1-4H3. The van der Waals surface area contributed by atoms with Crippen molar-refractivity contribution in [2.45, 2.75) is 196 Å². The first-order valence-electron chi connectivity index (χ1n) is 23.2. The van der Waals surface area contributed by atoms with Crippen molar-refractivity contribution in [1.82, 2.24) is 0 Å². The van der Waals surface area contributed by atoms with Gasteiger partial charge in [-0.15, -0.1) is 0 Å². The van der Waals surface area contributed by atoms with E-state index in [1.807, 2.05) is 0 Å². The molecule has 350 valence electrons. The average molecular weight is 873 g/mol. The third-order valence-corrected chi connectivity index (χ3v) is 17.9. The fourth-order valence-corrected chi connectivity index (χ4v) is 14.4. The Morgan fingerprint density at radius 3 is 2.02 bits per heavy atom. The molecule has 61 heavy (non-hydrogen) atoms. The van der Waals surface area contributed by atoms with E-state index in [0.29, 0.717) is 47.8 Å². The van der Waals surface area contributed by atoms with Gasteiger partial charge in [-0.25, -0.2) is 0 Å². The Balaban J connectivity index is 0.917. The van der Waals surface area contributed by atoms with E-state index in [1.54, 1.807) is 0 Å². The first kappa shape index (κ1) is 45.5. The highest BCUT2D eigenvalue weighted by molar-refractivity contribution is 5.15. The van der Waals surface area contributed by atoms with Gasteiger partial charge in [0.2, 0.25) is 0 Å². The molecule has 9 aliphatic rings. The van der Waals surface area contributed by atoms with Crippen molar-refractivity contribution in [3.8, 4) is 0 Å². The number of ether oxygens (including phenoxy) is 8. The zero-order chi connectivity index (χ0) is 43.3. The highest BCUT2D eigenvalue weighted by Gasteiger charge is 2.69. The molecular formula is C44H72O17. The minimum atomic E-state index is -1.82. The van der Waals surface area contributed by atoms with Crippen LogP contribution in [0, 0.1) is 52.3 Å². The van der Waals surface area contributed by atoms with Crippen LogP contribution in [0.3, 0.4) is 0 Å². The van der Waals surface area contributed by atoms with Crippen molar-refractivity contribution in [2.24, 2.45) is 52.3 Å². The number of aliphatic hydroxyl groups is 9. The second kappa shape index (κ2) is 17.2. The Kier molecular flexibility index (Phi) is 12.8. The molecule has 9 N–H and O–H groups in total. The molecule has 5 aliphatic heterocycles. The van der Waals surface area contributed by atoms with E-state index in [9.17, 15) is 46.0 Å². The van der Waals surface area contributed by atoms with E-state index in [4.69, 9.17) is 37.9 Å². The molecule has 26 unspecified atom stereocenters. The third-order valence-electron chi connectivity index (χ3n) is 17.9. The first-order chi connectivity index (χ1) is 29.0. The van der Waals surface area contributed by atoms with Crippen molar-refractivity contribution < 1.29 is 83.9 Å². The van der Waals surface area contributed by atoms with Gasteiger partial charge in [0.25, 0.3) is 0 Å². The van der Waals surface area contributed by atoms with Crippen LogP contribution in [0.5, 0.6) is 0 Å². The van der Waals surface area contributed by atoms with Crippen molar-refractivity contribution in [3.63, 3.8) is 0 Å². The number of aliphatic hydroxyl groups excluding tert-OH is 9. The molecule has 0 bridgehead atoms. The highest BCUT2D eigenvalue weighted by Crippen LogP contribution is 2.71. The maximum Gasteiger partial charge on any atom is 0.187 e. The van der Waals surface area contributed by atoms with Gasteiger partial charge >= 0.3 is 0 Å². The maximum absolute atomic E-state index is 11.5. The molecule has 0 amide bonds. The second-order valence-corrected chi connectivity index (χ2v) is 21.1. The third kappa shape index (κ3) is 7.58. The van der Waals surface area contributed by atoms with Crippen LogP contribution in [0.25, 0.3) is 0 Å². The summed E-state index contributed by atoms with van der Waals surface area (Å²) in [6.07, 6.45) is -11.8. The maximum atomic E-state index is 11.5. The molecular weight excluding hydrogens is 800 g/mol. The molecule has 17 heteroatoms. The van der Waals surface area contributed by atoms with E-state index in [2.05, 4.69) is 27.7 Å². The Morgan fingerprint density at radius 1 is 0.607 bits per heavy atom. The van der Waals surface area contributed by atoms with Gasteiger partial charge in [-0.05, 0) is 104 Å². The van der Waals surface area contributed by atoms with Gasteiger partial charge in [0.05, 0.1) is 38.6 Å². The molecule has 9 rings (SSSR count). The van der Waals surface area contributed by atoms with E-state index in [1.165, 1.54) is 12.8 Å². The first-order valence-corrected chi connectivity index (χ1v) is 23.2. The van der Waals surface area contributed by atoms with Crippen LogP contribution < -0.4 is 0 Å². The van der Waals surface area contributed by atoms with Crippen molar-refractivity contribution in [3.05, 3.63) is 0 Å². The summed E-state index contributed by atoms with van der Waals surface area (Å²) in [7, 11) is 0. The number of hydrogen-bond donors (Lipinski definition) is 9. The van der Waals surface area contributed by atoms with Gasteiger partial charge in [0.1, 0.15) is 67.1 Å². The van der Waals surface area contributed by atoms with Gasteiger partial charge in [0, 0.05) is 12.3 Å². The fraction of sp³-hybridized carbons (Fsp3) is 1.00. The summed E-state index contributed by atoms with van der Waals surface area (Å²) in [5, 5.41) is 95.1. The van der Waals surface area contributed by atoms with Gasteiger partial charge < -0.3 is 83.9 Å². The molecule has 9 fully saturated rings. The predicted molar refractivity (Wildman–Crippen MR) is 210 cm³/mol. The molecule has 0 aromatic heterocycles. The molecule has 0 radical (unpaired) electrons. The molecule has 26 atom stereocenters. The largest absolute Gasteiger partial charge is 0.394 e. The van der Waals surface area contributed by atoms with Crippen molar-refractivity contribution >= 4 is 0 Å². The lowest BCUT2D eigenvalue weighted by molar-refractivity contribution is -0.392. The number of hydrogen-bond acceptors (Lipinski definition) is 17. The smallest absolute Gasteiger partial charge is 0.187 e. The summed E-state index contributed by atoms with van der Waals surface area (Å²) < 4.78 is 50.0. The Morgan fingerprint density at radius 2 is 1.30 bits per heavy atom. The summed E-state index contributed by atoms with van der Waals surface area (Å²) in [6, 6.07) is 0. The van der Waals surface area contributed by atoms with Crippen LogP contribution in [0.15, 0.2) is 0 Å². The summed E-state index contributed by atoms with van der Waals surface area (Å²) in [6.45, 7) is 8.68. The SMILES string of the molecule is CC1CCC2(OC1)OC1CC3C4CCC5CC(OC6OC(CO)C(O)C(OC7OCC(O)C(O)C7O)C6OC6OC(CO)C(O)C(O)C6O)CCC5(C)C4CCC3(C)C1C2C. The minimum absolute atomic E-state index is 0.0904. The lowest BCUT2D eigenvalue weighted by Crippen LogP contribution is -2.67. The predicted octanol–water partition coefficient (Wildman–Crippen LogP) is -0.0945. The topological polar surface area (TPSA) is 256 Å². The normalized spacial score (nSPS) is 58.5. The molecule has 5 heterocycles. The molecule has 0 aromatic carbocycles. The Hall–Kier alpha value is -0.680. The zero-order valence-electron chi connectivity index (χ0n) is 36.0. The van der Waals surface area contributed by atoms with Crippen LogP contribution in [0.1, 0.15) is 91.9 Å². The van der Waals surface area contributed by atoms with E-state index in [-0.39, 0.29) is 23.0 Å². The lowest BCUT2D eigenvalue weighted by atomic mass is 9.44. The van der Waals surface area contributed by atoms with Crippen molar-refractivity contribution in [2.75, 3.05) is 26.4 Å². The van der Waals surface area contributed by atoms with Crippen LogP contribution in [0.4, 0.5) is 0 Å². The highest BCUT2D eigenvalue weighted by atomic mass is 16.8. The number of fused-ring (bicyclic) bond motifs is 7. The summed E-state index contributed by atoms with van der Waals surface area (Å²) >= 11 is 0. The quantitative estimate of drug-likeness (QED) is 0.145. The monoisotopic (exact) mass is 872 g/mol. The average Bonchev–Trinajstić information content (AvgIpc) is 3.69. The molecule has 4 saturated carbocycles. The van der Waals surface area contributed by atoms with Gasteiger partial charge in [-0.3, -0.25) is 0 Å². The molecule has 1 spiro atoms. The lowest BCUT2D eigenvalue weighted by Gasteiger charge is -2.61. The van der Waals surface area contributed by atoms with Crippen LogP contribution in [-0.4, -0.2) is 176 Å². The summed E-state index contributed by atoms with van der Waals surface area (Å²) in [5.41, 5.74) is 0.301. The summed E-state index contributed by atoms with van der Waals surface area (Å²) in [5.74, 6) is 3.12. The zero-order valence-corrected chi connectivity index (χ0v) is 36.0. The summed E-state index contributed by atoms with van der Waals surface area (Å²) in [4.78, 5) is 0. The molecule has 17 nitrogen and oxygen atoms in total. The van der Waals surface area contributed by atoms with E-state index in [0.717, 1.165) is 51.6 Å². The Labute approximate surface area is 357 Å². The number of rotatable bonds is 8. The van der Waals surface area contributed by atoms with Gasteiger partial charge in [0.15, 0.2) is 24.7 Å². The fourth-order valence-electron chi connectivity index (χ4n) is 14.4. The van der Waals surface area contributed by atoms with E-state index >= 15 is 0 Å². The van der Waals surface area contributed by atoms with Crippen LogP contribution >= 0.6 is 0 Å². The van der Waals surface area contributed by atoms with Gasteiger partial charge in [-0.2, -0.15) is 0 Å². The molecule has 0 aromatic rings. The second-order valence-electron chi connectivity index (χ2n) is 21.1. The molecule has 5 saturated heterocycles. The van der Waals surface area contributed by atoms with Crippen LogP contribution in [0.2, 0.25) is 0 Å². The van der Waals surface area contributed by atoms with Gasteiger partial charge in [-0.1, -0.05) is 27.7 Å². The minimum Gasteiger partial charge on any atom is -0.394 e. The van der Waals surface area contributed by atoms with Crippen LogP contribution in [-0.2, 0) is 37.9 Å². The Bertz CT molecular complexity index is 1520. The van der Waals surface area contributed by atoms with Crippen molar-refractivity contribution in [1.29, 1.82) is 0 Å². The van der Waals surface area contributed by atoms with E-state index < -0.39 is 112 Å².